The van der Waals surface area contributed by atoms with E-state index >= 15 is 0 Å². The van der Waals surface area contributed by atoms with Crippen molar-refractivity contribution in [1.82, 2.24) is 24.6 Å². The monoisotopic (exact) mass is 385 g/mol. The molecule has 146 valence electrons. The van der Waals surface area contributed by atoms with E-state index < -0.39 is 0 Å². The first kappa shape index (κ1) is 18.1. The zero-order chi connectivity index (χ0) is 19.5. The Morgan fingerprint density at radius 3 is 2.93 bits per heavy atom. The number of nitrogens with zero attached hydrogens (tertiary/aromatic N) is 5. The fourth-order valence-corrected chi connectivity index (χ4v) is 3.16. The van der Waals surface area contributed by atoms with E-state index in [2.05, 4.69) is 15.1 Å². The molecular weight excluding hydrogens is 365 g/mol. The van der Waals surface area contributed by atoms with Crippen LogP contribution in [0.4, 0.5) is 4.39 Å². The molecule has 1 unspecified atom stereocenters. The minimum Gasteiger partial charge on any atom is -0.493 e. The second-order valence-corrected chi connectivity index (χ2v) is 6.76. The lowest BCUT2D eigenvalue weighted by atomic mass is 10.1. The molecular formula is C19H20FN5O3. The summed E-state index contributed by atoms with van der Waals surface area (Å²) in [6.07, 6.45) is 4.57. The van der Waals surface area contributed by atoms with Gasteiger partial charge in [-0.15, -0.1) is 0 Å². The largest absolute Gasteiger partial charge is 0.493 e. The molecule has 28 heavy (non-hydrogen) atoms. The molecule has 1 aromatic carbocycles. The van der Waals surface area contributed by atoms with Crippen molar-refractivity contribution >= 4 is 5.91 Å². The molecule has 1 fully saturated rings. The fraction of sp³-hybridized carbons (Fsp3) is 0.368. The molecule has 1 atom stereocenters. The molecule has 0 radical (unpaired) electrons. The molecule has 1 amide bonds. The van der Waals surface area contributed by atoms with Crippen molar-refractivity contribution in [2.24, 2.45) is 7.05 Å². The molecule has 0 spiro atoms. The van der Waals surface area contributed by atoms with Crippen LogP contribution < -0.4 is 4.74 Å². The number of amides is 1. The number of hydrogen-bond donors (Lipinski definition) is 0. The van der Waals surface area contributed by atoms with Gasteiger partial charge in [0.25, 0.3) is 5.91 Å². The van der Waals surface area contributed by atoms with Gasteiger partial charge >= 0.3 is 0 Å². The summed E-state index contributed by atoms with van der Waals surface area (Å²) in [7, 11) is 1.83. The number of hydrogen-bond acceptors (Lipinski definition) is 6. The molecule has 9 heteroatoms. The molecule has 3 aromatic rings. The van der Waals surface area contributed by atoms with Crippen LogP contribution in [0.5, 0.6) is 5.75 Å². The van der Waals surface area contributed by atoms with Gasteiger partial charge in [-0.25, -0.2) is 9.37 Å². The smallest absolute Gasteiger partial charge is 0.274 e. The van der Waals surface area contributed by atoms with Crippen LogP contribution in [0.3, 0.4) is 0 Å². The van der Waals surface area contributed by atoms with Crippen molar-refractivity contribution in [1.29, 1.82) is 0 Å². The maximum Gasteiger partial charge on any atom is 0.274 e. The summed E-state index contributed by atoms with van der Waals surface area (Å²) < 4.78 is 25.6. The van der Waals surface area contributed by atoms with Crippen molar-refractivity contribution in [2.75, 3.05) is 19.7 Å². The maximum absolute atomic E-state index is 12.9. The van der Waals surface area contributed by atoms with E-state index in [4.69, 9.17) is 9.26 Å². The van der Waals surface area contributed by atoms with Gasteiger partial charge in [0.1, 0.15) is 17.3 Å². The van der Waals surface area contributed by atoms with Crippen molar-refractivity contribution in [3.05, 3.63) is 60.0 Å². The second kappa shape index (κ2) is 7.79. The lowest BCUT2D eigenvalue weighted by molar-refractivity contribution is 0.0784. The van der Waals surface area contributed by atoms with E-state index in [0.717, 1.165) is 6.42 Å². The predicted octanol–water partition coefficient (Wildman–Crippen LogP) is 2.19. The second-order valence-electron chi connectivity index (χ2n) is 6.76. The number of halogens is 1. The summed E-state index contributed by atoms with van der Waals surface area (Å²) in [4.78, 5) is 22.8. The number of aromatic nitrogens is 4. The minimum atomic E-state index is -0.303. The van der Waals surface area contributed by atoms with E-state index in [9.17, 15) is 9.18 Å². The Morgan fingerprint density at radius 1 is 1.36 bits per heavy atom. The Labute approximate surface area is 160 Å². The summed E-state index contributed by atoms with van der Waals surface area (Å²) in [6, 6.07) is 5.84. The summed E-state index contributed by atoms with van der Waals surface area (Å²) >= 11 is 0. The normalized spacial score (nSPS) is 16.5. The van der Waals surface area contributed by atoms with Gasteiger partial charge in [-0.1, -0.05) is 5.16 Å². The molecule has 0 aliphatic carbocycles. The van der Waals surface area contributed by atoms with Crippen LogP contribution in [-0.2, 0) is 13.5 Å². The molecule has 1 aliphatic heterocycles. The average Bonchev–Trinajstić information content (AvgIpc) is 3.43. The molecule has 1 saturated heterocycles. The number of carbonyl (C=O) groups is 1. The van der Waals surface area contributed by atoms with Crippen LogP contribution in [0.1, 0.15) is 34.5 Å². The fourth-order valence-electron chi connectivity index (χ4n) is 3.16. The van der Waals surface area contributed by atoms with Crippen LogP contribution >= 0.6 is 0 Å². The SMILES string of the molecule is Cn1cnc(C(=O)N2CCC(c3nc(CCOc4ccc(F)cc4)no3)C2)c1. The predicted molar refractivity (Wildman–Crippen MR) is 96.4 cm³/mol. The van der Waals surface area contributed by atoms with Crippen molar-refractivity contribution in [3.8, 4) is 5.75 Å². The third-order valence-corrected chi connectivity index (χ3v) is 4.64. The molecule has 1 aliphatic rings. The Hall–Kier alpha value is -3.23. The van der Waals surface area contributed by atoms with Crippen molar-refractivity contribution < 1.29 is 18.4 Å². The van der Waals surface area contributed by atoms with Gasteiger partial charge < -0.3 is 18.7 Å². The van der Waals surface area contributed by atoms with Crippen molar-refractivity contribution in [3.63, 3.8) is 0 Å². The van der Waals surface area contributed by atoms with Gasteiger partial charge in [-0.3, -0.25) is 4.79 Å². The van der Waals surface area contributed by atoms with E-state index in [1.165, 1.54) is 12.1 Å². The Morgan fingerprint density at radius 2 is 2.18 bits per heavy atom. The van der Waals surface area contributed by atoms with Gasteiger partial charge in [0.2, 0.25) is 5.89 Å². The average molecular weight is 385 g/mol. The third kappa shape index (κ3) is 4.03. The summed E-state index contributed by atoms with van der Waals surface area (Å²) in [5.74, 6) is 1.30. The highest BCUT2D eigenvalue weighted by Crippen LogP contribution is 2.27. The quantitative estimate of drug-likeness (QED) is 0.647. The highest BCUT2D eigenvalue weighted by molar-refractivity contribution is 5.92. The molecule has 0 bridgehead atoms. The van der Waals surface area contributed by atoms with E-state index in [-0.39, 0.29) is 17.6 Å². The van der Waals surface area contributed by atoms with E-state index in [0.29, 0.717) is 49.3 Å². The molecule has 3 heterocycles. The Balaban J connectivity index is 1.29. The van der Waals surface area contributed by atoms with Crippen LogP contribution in [0.15, 0.2) is 41.3 Å². The zero-order valence-electron chi connectivity index (χ0n) is 15.4. The standard InChI is InChI=1S/C19H20FN5O3/c1-24-11-16(21-12-24)19(26)25-8-6-13(10-25)18-22-17(23-28-18)7-9-27-15-4-2-14(20)3-5-15/h2-5,11-13H,6-10H2,1H3. The lowest BCUT2D eigenvalue weighted by Gasteiger charge is -2.13. The Bertz CT molecular complexity index is 953. The highest BCUT2D eigenvalue weighted by Gasteiger charge is 2.32. The highest BCUT2D eigenvalue weighted by atomic mass is 19.1. The zero-order valence-corrected chi connectivity index (χ0v) is 15.4. The maximum atomic E-state index is 12.9. The van der Waals surface area contributed by atoms with Crippen molar-refractivity contribution in [2.45, 2.75) is 18.8 Å². The molecule has 4 rings (SSSR count). The van der Waals surface area contributed by atoms with Crippen LogP contribution in [-0.4, -0.2) is 50.2 Å². The van der Waals surface area contributed by atoms with Gasteiger partial charge in [0.05, 0.1) is 18.9 Å². The van der Waals surface area contributed by atoms with Gasteiger partial charge in [-0.2, -0.15) is 4.98 Å². The summed E-state index contributed by atoms with van der Waals surface area (Å²) in [6.45, 7) is 1.52. The van der Waals surface area contributed by atoms with Crippen LogP contribution in [0.2, 0.25) is 0 Å². The van der Waals surface area contributed by atoms with E-state index in [1.54, 1.807) is 34.1 Å². The number of aryl methyl sites for hydroxylation is 1. The number of benzene rings is 1. The first-order valence-electron chi connectivity index (χ1n) is 9.06. The van der Waals surface area contributed by atoms with Gasteiger partial charge in [0, 0.05) is 32.8 Å². The van der Waals surface area contributed by atoms with Gasteiger partial charge in [-0.05, 0) is 30.7 Å². The Kier molecular flexibility index (Phi) is 5.05. The third-order valence-electron chi connectivity index (χ3n) is 4.64. The van der Waals surface area contributed by atoms with Gasteiger partial charge in [0.15, 0.2) is 5.82 Å². The molecule has 0 N–H and O–H groups in total. The number of ether oxygens (including phenoxy) is 1. The number of imidazole rings is 1. The molecule has 8 nitrogen and oxygen atoms in total. The molecule has 2 aromatic heterocycles. The minimum absolute atomic E-state index is 0.0203. The van der Waals surface area contributed by atoms with Crippen LogP contribution in [0.25, 0.3) is 0 Å². The first-order chi connectivity index (χ1) is 13.6. The number of likely N-dealkylation sites (tertiary alicyclic amines) is 1. The summed E-state index contributed by atoms with van der Waals surface area (Å²) in [5.41, 5.74) is 0.437. The molecule has 0 saturated carbocycles. The van der Waals surface area contributed by atoms with E-state index in [1.807, 2.05) is 7.05 Å². The summed E-state index contributed by atoms with van der Waals surface area (Å²) in [5, 5.41) is 3.99. The lowest BCUT2D eigenvalue weighted by Crippen LogP contribution is -2.28. The first-order valence-corrected chi connectivity index (χ1v) is 9.06. The topological polar surface area (TPSA) is 86.3 Å². The number of carbonyl (C=O) groups excluding carboxylic acids is 1. The van der Waals surface area contributed by atoms with Crippen LogP contribution in [0, 0.1) is 5.82 Å². The number of rotatable bonds is 6.